The number of carbonyl (C=O) groups excluding carboxylic acids is 2. The van der Waals surface area contributed by atoms with Crippen molar-refractivity contribution in [3.05, 3.63) is 65.6 Å². The van der Waals surface area contributed by atoms with Crippen molar-refractivity contribution in [3.8, 4) is 11.3 Å². The molecule has 0 aliphatic heterocycles. The van der Waals surface area contributed by atoms with Gasteiger partial charge in [-0.25, -0.2) is 9.78 Å². The second-order valence-corrected chi connectivity index (χ2v) is 7.35. The number of rotatable bonds is 7. The summed E-state index contributed by atoms with van der Waals surface area (Å²) in [5.41, 5.74) is 1.79. The van der Waals surface area contributed by atoms with Crippen LogP contribution in [0.15, 0.2) is 59.1 Å². The van der Waals surface area contributed by atoms with Gasteiger partial charge in [0, 0.05) is 24.4 Å². The molecule has 1 aromatic heterocycles. The predicted octanol–water partition coefficient (Wildman–Crippen LogP) is 5.10. The third kappa shape index (κ3) is 5.84. The van der Waals surface area contributed by atoms with Gasteiger partial charge in [0.25, 0.3) is 0 Å². The molecule has 0 saturated carbocycles. The number of hydrogen-bond donors (Lipinski definition) is 3. The number of benzene rings is 2. The summed E-state index contributed by atoms with van der Waals surface area (Å²) < 4.78 is 5.72. The third-order valence-electron chi connectivity index (χ3n) is 4.13. The fourth-order valence-electron chi connectivity index (χ4n) is 2.77. The van der Waals surface area contributed by atoms with Gasteiger partial charge < -0.3 is 20.4 Å². The zero-order chi connectivity index (χ0) is 21.5. The van der Waals surface area contributed by atoms with Crippen molar-refractivity contribution in [2.24, 2.45) is 0 Å². The number of para-hydroxylation sites is 2. The van der Waals surface area contributed by atoms with Gasteiger partial charge in [0.1, 0.15) is 0 Å². The van der Waals surface area contributed by atoms with Crippen LogP contribution in [0.5, 0.6) is 0 Å². The number of anilines is 2. The molecule has 0 unspecified atom stereocenters. The van der Waals surface area contributed by atoms with E-state index in [2.05, 4.69) is 20.9 Å². The fraction of sp³-hybridized carbons (Fsp3) is 0.227. The molecule has 0 saturated heterocycles. The van der Waals surface area contributed by atoms with E-state index in [1.807, 2.05) is 32.0 Å². The number of nitrogens with one attached hydrogen (secondary N) is 3. The van der Waals surface area contributed by atoms with Crippen LogP contribution in [0.3, 0.4) is 0 Å². The Morgan fingerprint density at radius 2 is 1.70 bits per heavy atom. The summed E-state index contributed by atoms with van der Waals surface area (Å²) in [5.74, 6) is 0.788. The lowest BCUT2D eigenvalue weighted by atomic mass is 10.2. The maximum absolute atomic E-state index is 12.4. The summed E-state index contributed by atoms with van der Waals surface area (Å²) in [5, 5.41) is 8.87. The zero-order valence-electron chi connectivity index (χ0n) is 16.7. The molecule has 0 bridgehead atoms. The molecule has 3 aromatic rings. The standard InChI is InChI=1S/C22H23ClN4O3/c1-14(2)25-22(29)27-18-10-6-5-9-17(18)26-20(28)11-12-21-24-13-19(30-21)15-7-3-4-8-16(15)23/h3-10,13-14H,11-12H2,1-2H3,(H,26,28)(H2,25,27,29). The molecule has 2 aromatic carbocycles. The normalized spacial score (nSPS) is 10.7. The van der Waals surface area contributed by atoms with Crippen LogP contribution in [0.25, 0.3) is 11.3 Å². The highest BCUT2D eigenvalue weighted by Crippen LogP contribution is 2.28. The topological polar surface area (TPSA) is 96.3 Å². The Kier molecular flexibility index (Phi) is 7.08. The lowest BCUT2D eigenvalue weighted by molar-refractivity contribution is -0.116. The first kappa shape index (κ1) is 21.4. The lowest BCUT2D eigenvalue weighted by Crippen LogP contribution is -2.34. The summed E-state index contributed by atoms with van der Waals surface area (Å²) in [6.45, 7) is 3.74. The summed E-state index contributed by atoms with van der Waals surface area (Å²) in [6.07, 6.45) is 2.11. The van der Waals surface area contributed by atoms with Gasteiger partial charge in [-0.1, -0.05) is 35.9 Å². The Morgan fingerprint density at radius 3 is 2.40 bits per heavy atom. The number of aromatic nitrogens is 1. The number of aryl methyl sites for hydroxylation is 1. The number of hydrogen-bond acceptors (Lipinski definition) is 4. The third-order valence-corrected chi connectivity index (χ3v) is 4.46. The van der Waals surface area contributed by atoms with Crippen molar-refractivity contribution in [1.82, 2.24) is 10.3 Å². The predicted molar refractivity (Wildman–Crippen MR) is 118 cm³/mol. The van der Waals surface area contributed by atoms with Crippen LogP contribution < -0.4 is 16.0 Å². The maximum atomic E-state index is 12.4. The van der Waals surface area contributed by atoms with Crippen molar-refractivity contribution in [2.75, 3.05) is 10.6 Å². The molecule has 1 heterocycles. The quantitative estimate of drug-likeness (QED) is 0.489. The largest absolute Gasteiger partial charge is 0.441 e. The van der Waals surface area contributed by atoms with Gasteiger partial charge in [0.15, 0.2) is 11.7 Å². The van der Waals surface area contributed by atoms with Gasteiger partial charge >= 0.3 is 6.03 Å². The number of oxazole rings is 1. The molecule has 0 fully saturated rings. The van der Waals surface area contributed by atoms with E-state index in [9.17, 15) is 9.59 Å². The molecule has 3 rings (SSSR count). The second kappa shape index (κ2) is 9.93. The highest BCUT2D eigenvalue weighted by molar-refractivity contribution is 6.33. The number of amides is 3. The highest BCUT2D eigenvalue weighted by atomic mass is 35.5. The summed E-state index contributed by atoms with van der Waals surface area (Å²) >= 11 is 6.18. The van der Waals surface area contributed by atoms with E-state index in [0.717, 1.165) is 5.56 Å². The first-order chi connectivity index (χ1) is 14.4. The fourth-order valence-corrected chi connectivity index (χ4v) is 3.00. The Morgan fingerprint density at radius 1 is 1.03 bits per heavy atom. The van der Waals surface area contributed by atoms with E-state index in [1.54, 1.807) is 36.5 Å². The SMILES string of the molecule is CC(C)NC(=O)Nc1ccccc1NC(=O)CCc1ncc(-c2ccccc2Cl)o1. The van der Waals surface area contributed by atoms with E-state index in [1.165, 1.54) is 0 Å². The Bertz CT molecular complexity index is 1030. The molecular formula is C22H23ClN4O3. The number of nitrogens with zero attached hydrogens (tertiary/aromatic N) is 1. The molecule has 8 heteroatoms. The molecular weight excluding hydrogens is 404 g/mol. The molecule has 3 amide bonds. The van der Waals surface area contributed by atoms with Gasteiger partial charge in [0.2, 0.25) is 5.91 Å². The molecule has 7 nitrogen and oxygen atoms in total. The summed E-state index contributed by atoms with van der Waals surface area (Å²) in [7, 11) is 0. The number of carbonyl (C=O) groups is 2. The van der Waals surface area contributed by atoms with Crippen molar-refractivity contribution < 1.29 is 14.0 Å². The molecule has 3 N–H and O–H groups in total. The molecule has 0 spiro atoms. The van der Waals surface area contributed by atoms with Crippen LogP contribution in [0.1, 0.15) is 26.2 Å². The van der Waals surface area contributed by atoms with Gasteiger partial charge in [-0.05, 0) is 38.1 Å². The van der Waals surface area contributed by atoms with E-state index in [4.69, 9.17) is 16.0 Å². The smallest absolute Gasteiger partial charge is 0.319 e. The molecule has 0 aliphatic rings. The van der Waals surface area contributed by atoms with Crippen LogP contribution in [-0.2, 0) is 11.2 Å². The van der Waals surface area contributed by atoms with Gasteiger partial charge in [-0.3, -0.25) is 4.79 Å². The van der Waals surface area contributed by atoms with Crippen LogP contribution >= 0.6 is 11.6 Å². The molecule has 0 aliphatic carbocycles. The van der Waals surface area contributed by atoms with E-state index >= 15 is 0 Å². The van der Waals surface area contributed by atoms with Crippen LogP contribution in [-0.4, -0.2) is 23.0 Å². The summed E-state index contributed by atoms with van der Waals surface area (Å²) in [6, 6.07) is 14.0. The van der Waals surface area contributed by atoms with E-state index in [-0.39, 0.29) is 24.4 Å². The second-order valence-electron chi connectivity index (χ2n) is 6.95. The minimum Gasteiger partial charge on any atom is -0.441 e. The zero-order valence-corrected chi connectivity index (χ0v) is 17.5. The minimum atomic E-state index is -0.335. The lowest BCUT2D eigenvalue weighted by Gasteiger charge is -2.14. The monoisotopic (exact) mass is 426 g/mol. The maximum Gasteiger partial charge on any atom is 0.319 e. The van der Waals surface area contributed by atoms with Gasteiger partial charge in [-0.15, -0.1) is 0 Å². The van der Waals surface area contributed by atoms with Crippen molar-refractivity contribution in [3.63, 3.8) is 0 Å². The van der Waals surface area contributed by atoms with Crippen molar-refractivity contribution >= 4 is 34.9 Å². The average molecular weight is 427 g/mol. The van der Waals surface area contributed by atoms with Crippen LogP contribution in [0.4, 0.5) is 16.2 Å². The van der Waals surface area contributed by atoms with Gasteiger partial charge in [-0.2, -0.15) is 0 Å². The van der Waals surface area contributed by atoms with Crippen LogP contribution in [0.2, 0.25) is 5.02 Å². The molecule has 156 valence electrons. The highest BCUT2D eigenvalue weighted by Gasteiger charge is 2.13. The summed E-state index contributed by atoms with van der Waals surface area (Å²) in [4.78, 5) is 28.6. The number of halogens is 1. The molecule has 0 atom stereocenters. The molecule has 30 heavy (non-hydrogen) atoms. The molecule has 0 radical (unpaired) electrons. The first-order valence-electron chi connectivity index (χ1n) is 9.58. The van der Waals surface area contributed by atoms with E-state index < -0.39 is 0 Å². The minimum absolute atomic E-state index is 0.00297. The Balaban J connectivity index is 1.58. The Hall–Kier alpha value is -3.32. The Labute approximate surface area is 179 Å². The first-order valence-corrected chi connectivity index (χ1v) is 9.96. The average Bonchev–Trinajstić information content (AvgIpc) is 3.16. The van der Waals surface area contributed by atoms with E-state index in [0.29, 0.717) is 34.5 Å². The van der Waals surface area contributed by atoms with Gasteiger partial charge in [0.05, 0.1) is 22.6 Å². The van der Waals surface area contributed by atoms with Crippen molar-refractivity contribution in [1.29, 1.82) is 0 Å². The number of urea groups is 1. The van der Waals surface area contributed by atoms with Crippen LogP contribution in [0, 0.1) is 0 Å². The van der Waals surface area contributed by atoms with Crippen molar-refractivity contribution in [2.45, 2.75) is 32.7 Å².